The molecule has 0 saturated carbocycles. The Labute approximate surface area is 368 Å². The van der Waals surface area contributed by atoms with Crippen molar-refractivity contribution in [1.82, 2.24) is 0 Å². The van der Waals surface area contributed by atoms with Gasteiger partial charge in [-0.1, -0.05) is 200 Å². The Kier molecular flexibility index (Phi) is 9.89. The molecule has 0 unspecified atom stereocenters. The second kappa shape index (κ2) is 16.6. The molecule has 0 radical (unpaired) electrons. The van der Waals surface area contributed by atoms with Crippen LogP contribution in [0.2, 0.25) is 0 Å². The average Bonchev–Trinajstić information content (AvgIpc) is 3.75. The number of hydrogen-bond acceptors (Lipinski definition) is 3. The first-order valence-corrected chi connectivity index (χ1v) is 21.4. The van der Waals surface area contributed by atoms with Crippen LogP contribution in [0.15, 0.2) is 259 Å². The van der Waals surface area contributed by atoms with Crippen molar-refractivity contribution < 1.29 is 4.42 Å². The van der Waals surface area contributed by atoms with Crippen LogP contribution >= 0.6 is 0 Å². The summed E-state index contributed by atoms with van der Waals surface area (Å²) in [5.41, 5.74) is 17.2. The van der Waals surface area contributed by atoms with Crippen LogP contribution in [-0.4, -0.2) is 0 Å². The largest absolute Gasteiger partial charge is 0.456 e. The Hall–Kier alpha value is -8.40. The fraction of sp³-hybridized carbons (Fsp3) is 0. The maximum atomic E-state index is 6.52. The molecule has 0 N–H and O–H groups in total. The fourth-order valence-electron chi connectivity index (χ4n) is 9.06. The molecule has 0 bridgehead atoms. The van der Waals surface area contributed by atoms with Gasteiger partial charge in [0, 0.05) is 33.3 Å². The van der Waals surface area contributed by atoms with Gasteiger partial charge >= 0.3 is 0 Å². The molecule has 1 aromatic heterocycles. The topological polar surface area (TPSA) is 19.6 Å². The third-order valence-electron chi connectivity index (χ3n) is 11.9. The van der Waals surface area contributed by atoms with Crippen molar-refractivity contribution in [3.8, 4) is 44.5 Å². The van der Waals surface area contributed by atoms with E-state index in [4.69, 9.17) is 4.42 Å². The normalized spacial score (nSPS) is 11.2. The van der Waals surface area contributed by atoms with E-state index in [-0.39, 0.29) is 0 Å². The molecule has 0 aliphatic heterocycles. The minimum Gasteiger partial charge on any atom is -0.456 e. The van der Waals surface area contributed by atoms with Gasteiger partial charge in [-0.3, -0.25) is 0 Å². The van der Waals surface area contributed by atoms with E-state index in [0.29, 0.717) is 0 Å². The van der Waals surface area contributed by atoms with Crippen molar-refractivity contribution in [2.75, 3.05) is 9.80 Å². The summed E-state index contributed by atoms with van der Waals surface area (Å²) < 4.78 is 6.52. The lowest BCUT2D eigenvalue weighted by molar-refractivity contribution is 0.669. The number of furan rings is 1. The molecular formula is C60H42N2O. The molecule has 63 heavy (non-hydrogen) atoms. The molecule has 1 heterocycles. The molecule has 0 fully saturated rings. The van der Waals surface area contributed by atoms with Crippen molar-refractivity contribution >= 4 is 56.1 Å². The average molecular weight is 807 g/mol. The Balaban J connectivity index is 1.15. The molecule has 3 heteroatoms. The number of benzene rings is 10. The Morgan fingerprint density at radius 1 is 0.254 bits per heavy atom. The lowest BCUT2D eigenvalue weighted by Crippen LogP contribution is -2.13. The highest BCUT2D eigenvalue weighted by atomic mass is 16.3. The molecule has 0 spiro atoms. The van der Waals surface area contributed by atoms with Crippen LogP contribution < -0.4 is 9.80 Å². The summed E-state index contributed by atoms with van der Waals surface area (Å²) in [5.74, 6) is 0. The molecule has 0 atom stereocenters. The molecule has 0 aliphatic rings. The first-order chi connectivity index (χ1) is 31.3. The summed E-state index contributed by atoms with van der Waals surface area (Å²) in [4.78, 5) is 4.86. The molecular weight excluding hydrogens is 765 g/mol. The Morgan fingerprint density at radius 2 is 0.619 bits per heavy atom. The summed E-state index contributed by atoms with van der Waals surface area (Å²) in [7, 11) is 0. The van der Waals surface area contributed by atoms with Crippen LogP contribution in [-0.2, 0) is 0 Å². The van der Waals surface area contributed by atoms with Gasteiger partial charge in [-0.05, 0) is 76.9 Å². The predicted molar refractivity (Wildman–Crippen MR) is 265 cm³/mol. The zero-order valence-electron chi connectivity index (χ0n) is 34.6. The van der Waals surface area contributed by atoms with Crippen molar-refractivity contribution in [2.45, 2.75) is 0 Å². The van der Waals surface area contributed by atoms with Crippen LogP contribution in [0.25, 0.3) is 66.4 Å². The van der Waals surface area contributed by atoms with E-state index in [1.54, 1.807) is 0 Å². The fourth-order valence-corrected chi connectivity index (χ4v) is 9.06. The number of fused-ring (bicyclic) bond motifs is 3. The SMILES string of the molecule is c1ccc(-c2ccccc2N(c2cccc(-c3ccccc3N(c3ccccc3-c3ccccc3)c3cccc4oc5ccccc5c34)c2)c2ccccc2-c2ccccc2)cc1. The van der Waals surface area contributed by atoms with Crippen LogP contribution in [0.5, 0.6) is 0 Å². The van der Waals surface area contributed by atoms with Gasteiger partial charge in [0.2, 0.25) is 0 Å². The van der Waals surface area contributed by atoms with Gasteiger partial charge in [0.25, 0.3) is 0 Å². The van der Waals surface area contributed by atoms with Crippen LogP contribution in [0.4, 0.5) is 34.1 Å². The molecule has 0 amide bonds. The van der Waals surface area contributed by atoms with E-state index in [9.17, 15) is 0 Å². The molecule has 298 valence electrons. The number of para-hydroxylation sites is 5. The van der Waals surface area contributed by atoms with E-state index in [2.05, 4.69) is 259 Å². The van der Waals surface area contributed by atoms with Gasteiger partial charge in [0.1, 0.15) is 11.2 Å². The summed E-state index contributed by atoms with van der Waals surface area (Å²) in [6, 6.07) is 90.8. The number of anilines is 6. The molecule has 3 nitrogen and oxygen atoms in total. The lowest BCUT2D eigenvalue weighted by atomic mass is 9.96. The van der Waals surface area contributed by atoms with Gasteiger partial charge in [0.05, 0.1) is 33.8 Å². The number of hydrogen-bond donors (Lipinski definition) is 0. The maximum Gasteiger partial charge on any atom is 0.137 e. The van der Waals surface area contributed by atoms with E-state index in [1.807, 2.05) is 6.07 Å². The zero-order chi connectivity index (χ0) is 42.0. The Morgan fingerprint density at radius 3 is 1.14 bits per heavy atom. The Bertz CT molecular complexity index is 3270. The van der Waals surface area contributed by atoms with Crippen LogP contribution in [0.3, 0.4) is 0 Å². The molecule has 11 aromatic rings. The molecule has 0 aliphatic carbocycles. The van der Waals surface area contributed by atoms with E-state index in [0.717, 1.165) is 101 Å². The lowest BCUT2D eigenvalue weighted by Gasteiger charge is -2.31. The predicted octanol–water partition coefficient (Wildman–Crippen LogP) is 17.2. The van der Waals surface area contributed by atoms with Crippen LogP contribution in [0.1, 0.15) is 0 Å². The van der Waals surface area contributed by atoms with E-state index in [1.165, 1.54) is 0 Å². The molecule has 11 rings (SSSR count). The summed E-state index contributed by atoms with van der Waals surface area (Å²) in [5, 5.41) is 2.15. The van der Waals surface area contributed by atoms with Crippen LogP contribution in [0, 0.1) is 0 Å². The second-order valence-electron chi connectivity index (χ2n) is 15.6. The smallest absolute Gasteiger partial charge is 0.137 e. The first kappa shape index (κ1) is 37.6. The van der Waals surface area contributed by atoms with Gasteiger partial charge in [0.15, 0.2) is 0 Å². The van der Waals surface area contributed by atoms with Crippen molar-refractivity contribution in [3.63, 3.8) is 0 Å². The third kappa shape index (κ3) is 7.02. The first-order valence-electron chi connectivity index (χ1n) is 21.4. The van der Waals surface area contributed by atoms with Gasteiger partial charge in [-0.25, -0.2) is 0 Å². The van der Waals surface area contributed by atoms with Gasteiger partial charge in [-0.15, -0.1) is 0 Å². The number of nitrogens with zero attached hydrogens (tertiary/aromatic N) is 2. The summed E-state index contributed by atoms with van der Waals surface area (Å²) in [6.07, 6.45) is 0. The quantitative estimate of drug-likeness (QED) is 0.137. The third-order valence-corrected chi connectivity index (χ3v) is 11.9. The second-order valence-corrected chi connectivity index (χ2v) is 15.6. The van der Waals surface area contributed by atoms with E-state index < -0.39 is 0 Å². The standard InChI is InChI=1S/C60H42N2O/c1-4-22-43(23-5-1)48-30-10-15-35-53(48)61(54-36-16-11-31-49(54)44-24-6-2-7-25-44)47-29-20-28-46(42-47)51-33-13-18-38-56(51)62(55-37-17-12-32-50(55)45-26-8-3-9-27-45)57-39-21-41-59-60(57)52-34-14-19-40-58(52)63-59/h1-42H. The highest BCUT2D eigenvalue weighted by Crippen LogP contribution is 2.50. The van der Waals surface area contributed by atoms with Gasteiger partial charge in [-0.2, -0.15) is 0 Å². The highest BCUT2D eigenvalue weighted by Gasteiger charge is 2.25. The minimum atomic E-state index is 0.847. The van der Waals surface area contributed by atoms with Crippen molar-refractivity contribution in [2.24, 2.45) is 0 Å². The van der Waals surface area contributed by atoms with Crippen molar-refractivity contribution in [3.05, 3.63) is 255 Å². The minimum absolute atomic E-state index is 0.847. The summed E-state index contributed by atoms with van der Waals surface area (Å²) in [6.45, 7) is 0. The number of rotatable bonds is 10. The molecule has 10 aromatic carbocycles. The maximum absolute atomic E-state index is 6.52. The van der Waals surface area contributed by atoms with Crippen molar-refractivity contribution in [1.29, 1.82) is 0 Å². The van der Waals surface area contributed by atoms with E-state index >= 15 is 0 Å². The van der Waals surface area contributed by atoms with Gasteiger partial charge < -0.3 is 14.2 Å². The highest BCUT2D eigenvalue weighted by molar-refractivity contribution is 6.14. The monoisotopic (exact) mass is 806 g/mol. The summed E-state index contributed by atoms with van der Waals surface area (Å²) >= 11 is 0. The zero-order valence-corrected chi connectivity index (χ0v) is 34.6. The molecule has 0 saturated heterocycles.